The zero-order chi connectivity index (χ0) is 27.6. The minimum atomic E-state index is -0.781. The number of aromatic amines is 1. The third kappa shape index (κ3) is 7.65. The average Bonchev–Trinajstić information content (AvgIpc) is 3.25. The van der Waals surface area contributed by atoms with Crippen LogP contribution in [0, 0.1) is 0 Å². The summed E-state index contributed by atoms with van der Waals surface area (Å²) in [5.74, 6) is -0.160. The standard InChI is InChI=1S/C27H38N8O4/c1-28-8-4-9-29-25-24-21(27(38)33-26(24)32-18-31-25)16-30-20-6-7-22(35-11-13-39-14-12-35)19(15-20)17-34(2)10-3-5-23(36)37/h6-7,15-16,18,28,38H,3-5,8-14,17H2,1-2H3,(H,36,37)(H2,29,31,32,33). The number of carbonyl (C=O) groups is 1. The summed E-state index contributed by atoms with van der Waals surface area (Å²) in [7, 11) is 3.91. The Morgan fingerprint density at radius 1 is 1.26 bits per heavy atom. The van der Waals surface area contributed by atoms with Gasteiger partial charge in [-0.25, -0.2) is 9.97 Å². The van der Waals surface area contributed by atoms with Gasteiger partial charge >= 0.3 is 5.97 Å². The molecule has 2 aromatic heterocycles. The van der Waals surface area contributed by atoms with Crippen molar-refractivity contribution in [2.24, 2.45) is 4.99 Å². The largest absolute Gasteiger partial charge is 0.494 e. The second-order valence-corrected chi connectivity index (χ2v) is 9.62. The second kappa shape index (κ2) is 13.9. The minimum absolute atomic E-state index is 0.0177. The van der Waals surface area contributed by atoms with Crippen LogP contribution in [-0.4, -0.2) is 102 Å². The van der Waals surface area contributed by atoms with Crippen molar-refractivity contribution < 1.29 is 19.7 Å². The summed E-state index contributed by atoms with van der Waals surface area (Å²) >= 11 is 0. The number of hydrogen-bond donors (Lipinski definition) is 5. The predicted octanol–water partition coefficient (Wildman–Crippen LogP) is 2.57. The van der Waals surface area contributed by atoms with E-state index in [4.69, 9.17) is 14.8 Å². The molecule has 5 N–H and O–H groups in total. The van der Waals surface area contributed by atoms with E-state index in [0.29, 0.717) is 55.1 Å². The van der Waals surface area contributed by atoms with Gasteiger partial charge in [0.15, 0.2) is 5.88 Å². The summed E-state index contributed by atoms with van der Waals surface area (Å²) in [6.45, 7) is 5.92. The Bertz CT molecular complexity index is 1270. The lowest BCUT2D eigenvalue weighted by molar-refractivity contribution is -0.137. The zero-order valence-corrected chi connectivity index (χ0v) is 22.6. The van der Waals surface area contributed by atoms with Crippen molar-refractivity contribution >= 4 is 40.4 Å². The van der Waals surface area contributed by atoms with Gasteiger partial charge in [0.25, 0.3) is 0 Å². The SMILES string of the molecule is CNCCCNc1ncnc2[nH]c(O)c(C=Nc3ccc(N4CCOCC4)c(CN(C)CCCC(=O)O)c3)c12. The second-order valence-electron chi connectivity index (χ2n) is 9.62. The summed E-state index contributed by atoms with van der Waals surface area (Å²) in [6.07, 6.45) is 4.76. The number of H-pyrrole nitrogens is 1. The monoisotopic (exact) mass is 538 g/mol. The Morgan fingerprint density at radius 3 is 2.85 bits per heavy atom. The van der Waals surface area contributed by atoms with Crippen molar-refractivity contribution in [2.45, 2.75) is 25.8 Å². The summed E-state index contributed by atoms with van der Waals surface area (Å²) in [5.41, 5.74) is 4.02. The molecule has 3 aromatic rings. The van der Waals surface area contributed by atoms with Gasteiger partial charge < -0.3 is 40.4 Å². The number of aromatic nitrogens is 3. The predicted molar refractivity (Wildman–Crippen MR) is 153 cm³/mol. The number of carboxylic acids is 1. The number of rotatable bonds is 14. The van der Waals surface area contributed by atoms with Crippen molar-refractivity contribution in [2.75, 3.05) is 70.2 Å². The molecule has 0 amide bonds. The van der Waals surface area contributed by atoms with Crippen molar-refractivity contribution in [3.8, 4) is 5.88 Å². The molecule has 210 valence electrons. The first-order valence-electron chi connectivity index (χ1n) is 13.3. The molecule has 0 bridgehead atoms. The molecule has 0 saturated carbocycles. The van der Waals surface area contributed by atoms with E-state index in [1.165, 1.54) is 6.33 Å². The molecule has 1 saturated heterocycles. The Balaban J connectivity index is 1.59. The van der Waals surface area contributed by atoms with E-state index in [1.807, 2.05) is 26.2 Å². The number of ether oxygens (including phenoxy) is 1. The highest BCUT2D eigenvalue weighted by molar-refractivity contribution is 6.06. The van der Waals surface area contributed by atoms with Gasteiger partial charge in [-0.15, -0.1) is 0 Å². The van der Waals surface area contributed by atoms with Crippen molar-refractivity contribution in [3.63, 3.8) is 0 Å². The Morgan fingerprint density at radius 2 is 2.08 bits per heavy atom. The molecule has 0 aliphatic carbocycles. The first-order valence-corrected chi connectivity index (χ1v) is 13.3. The number of aliphatic carboxylic acids is 1. The highest BCUT2D eigenvalue weighted by Crippen LogP contribution is 2.31. The van der Waals surface area contributed by atoms with E-state index in [-0.39, 0.29) is 12.3 Å². The maximum Gasteiger partial charge on any atom is 0.303 e. The molecule has 1 aliphatic heterocycles. The van der Waals surface area contributed by atoms with Crippen LogP contribution in [0.3, 0.4) is 0 Å². The smallest absolute Gasteiger partial charge is 0.303 e. The molecule has 0 atom stereocenters. The van der Waals surface area contributed by atoms with E-state index in [1.54, 1.807) is 6.21 Å². The number of aliphatic imine (C=N–C) groups is 1. The van der Waals surface area contributed by atoms with Crippen LogP contribution in [0.2, 0.25) is 0 Å². The van der Waals surface area contributed by atoms with E-state index < -0.39 is 5.97 Å². The molecule has 0 radical (unpaired) electrons. The number of morpholine rings is 1. The molecule has 0 unspecified atom stereocenters. The molecule has 39 heavy (non-hydrogen) atoms. The molecule has 3 heterocycles. The van der Waals surface area contributed by atoms with E-state index >= 15 is 0 Å². The third-order valence-corrected chi connectivity index (χ3v) is 6.63. The van der Waals surface area contributed by atoms with Gasteiger partial charge in [0.1, 0.15) is 17.8 Å². The minimum Gasteiger partial charge on any atom is -0.494 e. The molecule has 4 rings (SSSR count). The number of carboxylic acid groups (broad SMARTS) is 1. The number of aromatic hydroxyl groups is 1. The molecular formula is C27H38N8O4. The van der Waals surface area contributed by atoms with Crippen LogP contribution in [0.4, 0.5) is 17.2 Å². The molecule has 0 spiro atoms. The van der Waals surface area contributed by atoms with Crippen molar-refractivity contribution in [3.05, 3.63) is 35.7 Å². The number of benzene rings is 1. The number of hydrogen-bond acceptors (Lipinski definition) is 10. The fourth-order valence-electron chi connectivity index (χ4n) is 4.67. The van der Waals surface area contributed by atoms with Gasteiger partial charge in [0, 0.05) is 44.5 Å². The number of nitrogens with one attached hydrogen (secondary N) is 3. The molecule has 12 nitrogen and oxygen atoms in total. The van der Waals surface area contributed by atoms with Crippen LogP contribution in [0.1, 0.15) is 30.4 Å². The van der Waals surface area contributed by atoms with Crippen LogP contribution in [-0.2, 0) is 16.1 Å². The Hall–Kier alpha value is -3.74. The third-order valence-electron chi connectivity index (χ3n) is 6.63. The topological polar surface area (TPSA) is 151 Å². The molecule has 1 aliphatic rings. The first kappa shape index (κ1) is 28.3. The molecule has 1 aromatic carbocycles. The van der Waals surface area contributed by atoms with Crippen LogP contribution in [0.5, 0.6) is 5.88 Å². The van der Waals surface area contributed by atoms with Gasteiger partial charge in [-0.2, -0.15) is 0 Å². The molecule has 1 fully saturated rings. The number of nitrogens with zero attached hydrogens (tertiary/aromatic N) is 5. The van der Waals surface area contributed by atoms with Crippen LogP contribution >= 0.6 is 0 Å². The van der Waals surface area contributed by atoms with Crippen molar-refractivity contribution in [1.82, 2.24) is 25.2 Å². The zero-order valence-electron chi connectivity index (χ0n) is 22.6. The lowest BCUT2D eigenvalue weighted by atomic mass is 10.1. The quantitative estimate of drug-likeness (QED) is 0.153. The van der Waals surface area contributed by atoms with Crippen LogP contribution < -0.4 is 15.5 Å². The maximum atomic E-state index is 10.9. The van der Waals surface area contributed by atoms with Crippen LogP contribution in [0.15, 0.2) is 29.5 Å². The van der Waals surface area contributed by atoms with Crippen LogP contribution in [0.25, 0.3) is 11.0 Å². The lowest BCUT2D eigenvalue weighted by Gasteiger charge is -2.31. The van der Waals surface area contributed by atoms with E-state index in [9.17, 15) is 9.90 Å². The molecular weight excluding hydrogens is 500 g/mol. The fourth-order valence-corrected chi connectivity index (χ4v) is 4.67. The summed E-state index contributed by atoms with van der Waals surface area (Å²) in [5, 5.41) is 26.8. The summed E-state index contributed by atoms with van der Waals surface area (Å²) < 4.78 is 5.54. The average molecular weight is 539 g/mol. The Labute approximate surface area is 228 Å². The van der Waals surface area contributed by atoms with Gasteiger partial charge in [-0.1, -0.05) is 0 Å². The molecule has 12 heteroatoms. The van der Waals surface area contributed by atoms with Gasteiger partial charge in [0.05, 0.1) is 29.9 Å². The van der Waals surface area contributed by atoms with E-state index in [0.717, 1.165) is 49.5 Å². The van der Waals surface area contributed by atoms with E-state index in [2.05, 4.69) is 41.5 Å². The van der Waals surface area contributed by atoms with Gasteiger partial charge in [-0.3, -0.25) is 9.79 Å². The number of anilines is 2. The lowest BCUT2D eigenvalue weighted by Crippen LogP contribution is -2.37. The highest BCUT2D eigenvalue weighted by Gasteiger charge is 2.18. The van der Waals surface area contributed by atoms with Gasteiger partial charge in [0.2, 0.25) is 0 Å². The Kier molecular flexibility index (Phi) is 10.1. The first-order chi connectivity index (χ1) is 19.0. The van der Waals surface area contributed by atoms with Crippen molar-refractivity contribution in [1.29, 1.82) is 0 Å². The fraction of sp³-hybridized carbons (Fsp3) is 0.481. The summed E-state index contributed by atoms with van der Waals surface area (Å²) in [6, 6.07) is 6.09. The van der Waals surface area contributed by atoms with Gasteiger partial charge in [-0.05, 0) is 63.8 Å². The number of fused-ring (bicyclic) bond motifs is 1. The summed E-state index contributed by atoms with van der Waals surface area (Å²) in [4.78, 5) is 31.7. The maximum absolute atomic E-state index is 10.9. The highest BCUT2D eigenvalue weighted by atomic mass is 16.5. The normalized spacial score (nSPS) is 14.1.